The van der Waals surface area contributed by atoms with Crippen LogP contribution in [0.1, 0.15) is 44.8 Å². The Morgan fingerprint density at radius 2 is 2.07 bits per heavy atom. The van der Waals surface area contributed by atoms with Crippen molar-refractivity contribution in [2.75, 3.05) is 6.61 Å². The maximum absolute atomic E-state index is 12.5. The lowest BCUT2D eigenvalue weighted by atomic mass is 10.0. The Bertz CT molecular complexity index is 788. The van der Waals surface area contributed by atoms with Gasteiger partial charge in [0.1, 0.15) is 0 Å². The van der Waals surface area contributed by atoms with Gasteiger partial charge in [0, 0.05) is 23.8 Å². The number of nitrogens with zero attached hydrogens (tertiary/aromatic N) is 1. The van der Waals surface area contributed by atoms with E-state index in [4.69, 9.17) is 0 Å². The standard InChI is InChI=1S/C19H22F3N3O3/c1-3-16(26)24-14-7-4-6-13(10-14)18(27)23-12(2)15-8-5-9-17(25-15)28-11-19(20,21)22/h5-6,8-10,12H,3-4,7,11H2,1-2H3,(H,23,27)(H,24,26). The molecule has 2 rings (SSSR count). The van der Waals surface area contributed by atoms with Crippen LogP contribution in [0.25, 0.3) is 0 Å². The number of hydrogen-bond acceptors (Lipinski definition) is 4. The molecule has 0 aliphatic heterocycles. The molecule has 1 aromatic heterocycles. The predicted octanol–water partition coefficient (Wildman–Crippen LogP) is 3.33. The van der Waals surface area contributed by atoms with Crippen molar-refractivity contribution in [3.63, 3.8) is 0 Å². The van der Waals surface area contributed by atoms with Gasteiger partial charge in [-0.05, 0) is 31.9 Å². The Labute approximate surface area is 160 Å². The topological polar surface area (TPSA) is 80.3 Å². The number of carbonyl (C=O) groups excluding carboxylic acids is 2. The maximum Gasteiger partial charge on any atom is 0.422 e. The second-order valence-corrected chi connectivity index (χ2v) is 6.27. The average molecular weight is 397 g/mol. The highest BCUT2D eigenvalue weighted by Gasteiger charge is 2.28. The number of aromatic nitrogens is 1. The lowest BCUT2D eigenvalue weighted by molar-refractivity contribution is -0.154. The highest BCUT2D eigenvalue weighted by molar-refractivity contribution is 5.97. The third kappa shape index (κ3) is 6.71. The SMILES string of the molecule is CCC(=O)NC1=CC(C(=O)NC(C)c2cccc(OCC(F)(F)F)n2)=CCC1. The number of nitrogens with one attached hydrogen (secondary N) is 2. The van der Waals surface area contributed by atoms with Crippen molar-refractivity contribution in [1.29, 1.82) is 0 Å². The number of amides is 2. The molecule has 0 bridgehead atoms. The van der Waals surface area contributed by atoms with E-state index in [1.165, 1.54) is 12.1 Å². The molecule has 0 spiro atoms. The molecule has 1 aromatic rings. The Balaban J connectivity index is 2.00. The zero-order chi connectivity index (χ0) is 20.7. The molecule has 6 nitrogen and oxygen atoms in total. The lowest BCUT2D eigenvalue weighted by Crippen LogP contribution is -2.30. The zero-order valence-corrected chi connectivity index (χ0v) is 15.6. The lowest BCUT2D eigenvalue weighted by Gasteiger charge is -2.18. The minimum absolute atomic E-state index is 0.124. The van der Waals surface area contributed by atoms with E-state index in [-0.39, 0.29) is 17.7 Å². The fourth-order valence-electron chi connectivity index (χ4n) is 2.49. The van der Waals surface area contributed by atoms with Crippen LogP contribution in [0.15, 0.2) is 41.6 Å². The summed E-state index contributed by atoms with van der Waals surface area (Å²) in [5.41, 5.74) is 1.45. The number of hydrogen-bond donors (Lipinski definition) is 2. The monoisotopic (exact) mass is 397 g/mol. The van der Waals surface area contributed by atoms with E-state index in [9.17, 15) is 22.8 Å². The Morgan fingerprint density at radius 1 is 1.32 bits per heavy atom. The van der Waals surface area contributed by atoms with E-state index < -0.39 is 18.8 Å². The molecular weight excluding hydrogens is 375 g/mol. The fraction of sp³-hybridized carbons (Fsp3) is 0.421. The quantitative estimate of drug-likeness (QED) is 0.740. The van der Waals surface area contributed by atoms with Crippen LogP contribution in [0.3, 0.4) is 0 Å². The number of pyridine rings is 1. The Kier molecular flexibility index (Phi) is 7.19. The first-order chi connectivity index (χ1) is 13.2. The summed E-state index contributed by atoms with van der Waals surface area (Å²) in [6.07, 6.45) is 0.528. The van der Waals surface area contributed by atoms with Gasteiger partial charge in [0.2, 0.25) is 11.8 Å². The van der Waals surface area contributed by atoms with Gasteiger partial charge in [-0.25, -0.2) is 4.98 Å². The van der Waals surface area contributed by atoms with Crippen molar-refractivity contribution in [2.24, 2.45) is 0 Å². The third-order valence-corrected chi connectivity index (χ3v) is 3.91. The van der Waals surface area contributed by atoms with E-state index in [2.05, 4.69) is 20.4 Å². The first kappa shape index (κ1) is 21.5. The molecule has 0 radical (unpaired) electrons. The minimum atomic E-state index is -4.46. The van der Waals surface area contributed by atoms with Crippen LogP contribution in [-0.4, -0.2) is 29.6 Å². The van der Waals surface area contributed by atoms with Crippen molar-refractivity contribution in [3.05, 3.63) is 47.3 Å². The molecule has 2 amide bonds. The van der Waals surface area contributed by atoms with E-state index in [0.717, 1.165) is 0 Å². The van der Waals surface area contributed by atoms with Gasteiger partial charge in [-0.3, -0.25) is 9.59 Å². The first-order valence-electron chi connectivity index (χ1n) is 8.86. The van der Waals surface area contributed by atoms with Crippen LogP contribution in [0.2, 0.25) is 0 Å². The molecule has 0 saturated carbocycles. The largest absolute Gasteiger partial charge is 0.468 e. The van der Waals surface area contributed by atoms with Gasteiger partial charge in [-0.2, -0.15) is 13.2 Å². The summed E-state index contributed by atoms with van der Waals surface area (Å²) >= 11 is 0. The minimum Gasteiger partial charge on any atom is -0.468 e. The first-order valence-corrected chi connectivity index (χ1v) is 8.86. The molecule has 0 saturated heterocycles. The second-order valence-electron chi connectivity index (χ2n) is 6.27. The van der Waals surface area contributed by atoms with Gasteiger partial charge in [0.15, 0.2) is 6.61 Å². The molecule has 1 unspecified atom stereocenters. The highest BCUT2D eigenvalue weighted by atomic mass is 19.4. The zero-order valence-electron chi connectivity index (χ0n) is 15.6. The molecular formula is C19H22F3N3O3. The van der Waals surface area contributed by atoms with E-state index in [0.29, 0.717) is 36.2 Å². The summed E-state index contributed by atoms with van der Waals surface area (Å²) < 4.78 is 41.4. The van der Waals surface area contributed by atoms with Crippen molar-refractivity contribution < 1.29 is 27.5 Å². The summed E-state index contributed by atoms with van der Waals surface area (Å²) in [6.45, 7) is 1.97. The van der Waals surface area contributed by atoms with E-state index in [1.807, 2.05) is 0 Å². The molecule has 1 aliphatic rings. The Morgan fingerprint density at radius 3 is 2.75 bits per heavy atom. The summed E-state index contributed by atoms with van der Waals surface area (Å²) in [7, 11) is 0. The van der Waals surface area contributed by atoms with Gasteiger partial charge in [0.25, 0.3) is 5.91 Å². The van der Waals surface area contributed by atoms with Crippen LogP contribution < -0.4 is 15.4 Å². The summed E-state index contributed by atoms with van der Waals surface area (Å²) in [5.74, 6) is -0.655. The van der Waals surface area contributed by atoms with Crippen LogP contribution in [0.5, 0.6) is 5.88 Å². The van der Waals surface area contributed by atoms with Crippen molar-refractivity contribution in [2.45, 2.75) is 45.3 Å². The number of alkyl halides is 3. The molecule has 0 aromatic carbocycles. The molecule has 1 atom stereocenters. The molecule has 0 fully saturated rings. The molecule has 28 heavy (non-hydrogen) atoms. The Hall–Kier alpha value is -2.84. The summed E-state index contributed by atoms with van der Waals surface area (Å²) in [6, 6.07) is 3.86. The van der Waals surface area contributed by atoms with Crippen LogP contribution in [0.4, 0.5) is 13.2 Å². The number of rotatable bonds is 7. The normalized spacial score (nSPS) is 15.2. The second kappa shape index (κ2) is 9.38. The number of allylic oxidation sites excluding steroid dienone is 2. The van der Waals surface area contributed by atoms with Gasteiger partial charge < -0.3 is 15.4 Å². The smallest absolute Gasteiger partial charge is 0.422 e. The van der Waals surface area contributed by atoms with Crippen molar-refractivity contribution in [1.82, 2.24) is 15.6 Å². The van der Waals surface area contributed by atoms with E-state index >= 15 is 0 Å². The molecule has 1 heterocycles. The summed E-state index contributed by atoms with van der Waals surface area (Å²) in [5, 5.41) is 5.50. The molecule has 9 heteroatoms. The van der Waals surface area contributed by atoms with Crippen molar-refractivity contribution >= 4 is 11.8 Å². The maximum atomic E-state index is 12.5. The molecule has 2 N–H and O–H groups in total. The van der Waals surface area contributed by atoms with Crippen molar-refractivity contribution in [3.8, 4) is 5.88 Å². The molecule has 152 valence electrons. The number of halogens is 3. The summed E-state index contributed by atoms with van der Waals surface area (Å²) in [4.78, 5) is 28.0. The molecule has 1 aliphatic carbocycles. The number of carbonyl (C=O) groups is 2. The highest BCUT2D eigenvalue weighted by Crippen LogP contribution is 2.20. The van der Waals surface area contributed by atoms with Crippen LogP contribution >= 0.6 is 0 Å². The third-order valence-electron chi connectivity index (χ3n) is 3.91. The van der Waals surface area contributed by atoms with Gasteiger partial charge in [-0.1, -0.05) is 19.1 Å². The average Bonchev–Trinajstić information content (AvgIpc) is 2.66. The van der Waals surface area contributed by atoms with Crippen LogP contribution in [-0.2, 0) is 9.59 Å². The fourth-order valence-corrected chi connectivity index (χ4v) is 2.49. The number of ether oxygens (including phenoxy) is 1. The van der Waals surface area contributed by atoms with Crippen LogP contribution in [0, 0.1) is 0 Å². The van der Waals surface area contributed by atoms with Gasteiger partial charge in [0.05, 0.1) is 11.7 Å². The van der Waals surface area contributed by atoms with Gasteiger partial charge >= 0.3 is 6.18 Å². The predicted molar refractivity (Wildman–Crippen MR) is 96.2 cm³/mol. The van der Waals surface area contributed by atoms with E-state index in [1.54, 1.807) is 32.1 Å². The van der Waals surface area contributed by atoms with Gasteiger partial charge in [-0.15, -0.1) is 0 Å².